The molecule has 0 radical (unpaired) electrons. The quantitative estimate of drug-likeness (QED) is 0.891. The van der Waals surface area contributed by atoms with Crippen LogP contribution in [0.5, 0.6) is 0 Å². The summed E-state index contributed by atoms with van der Waals surface area (Å²) < 4.78 is 38.9. The van der Waals surface area contributed by atoms with Gasteiger partial charge >= 0.3 is 6.18 Å². The van der Waals surface area contributed by atoms with Crippen molar-refractivity contribution in [2.75, 3.05) is 0 Å². The van der Waals surface area contributed by atoms with Gasteiger partial charge in [-0.15, -0.1) is 0 Å². The Hall–Kier alpha value is -2.16. The van der Waals surface area contributed by atoms with Gasteiger partial charge in [-0.1, -0.05) is 0 Å². The SMILES string of the molecule is CC(C)(NC(=O)c1cnc2cccnn12)C(O)C(F)(F)F. The molecule has 114 valence electrons. The summed E-state index contributed by atoms with van der Waals surface area (Å²) in [6.07, 6.45) is -4.91. The van der Waals surface area contributed by atoms with E-state index >= 15 is 0 Å². The lowest BCUT2D eigenvalue weighted by molar-refractivity contribution is -0.222. The van der Waals surface area contributed by atoms with E-state index in [0.29, 0.717) is 5.65 Å². The van der Waals surface area contributed by atoms with Gasteiger partial charge in [-0.3, -0.25) is 4.79 Å². The third-order valence-corrected chi connectivity index (χ3v) is 2.94. The van der Waals surface area contributed by atoms with Crippen molar-refractivity contribution in [2.24, 2.45) is 0 Å². The van der Waals surface area contributed by atoms with E-state index in [1.807, 2.05) is 0 Å². The molecule has 0 spiro atoms. The maximum atomic E-state index is 12.6. The van der Waals surface area contributed by atoms with Crippen molar-refractivity contribution in [1.82, 2.24) is 19.9 Å². The number of carbonyl (C=O) groups excluding carboxylic acids is 1. The topological polar surface area (TPSA) is 79.5 Å². The molecule has 1 unspecified atom stereocenters. The van der Waals surface area contributed by atoms with E-state index in [9.17, 15) is 23.1 Å². The lowest BCUT2D eigenvalue weighted by Crippen LogP contribution is -2.57. The molecule has 6 nitrogen and oxygen atoms in total. The van der Waals surface area contributed by atoms with E-state index in [1.165, 1.54) is 16.9 Å². The maximum absolute atomic E-state index is 12.6. The number of carbonyl (C=O) groups is 1. The zero-order valence-electron chi connectivity index (χ0n) is 11.2. The lowest BCUT2D eigenvalue weighted by Gasteiger charge is -2.32. The number of aromatic nitrogens is 3. The number of rotatable bonds is 3. The monoisotopic (exact) mass is 302 g/mol. The van der Waals surface area contributed by atoms with Crippen molar-refractivity contribution in [1.29, 1.82) is 0 Å². The van der Waals surface area contributed by atoms with Crippen LogP contribution in [0.15, 0.2) is 24.5 Å². The van der Waals surface area contributed by atoms with Crippen LogP contribution in [0.1, 0.15) is 24.3 Å². The van der Waals surface area contributed by atoms with Crippen molar-refractivity contribution in [3.05, 3.63) is 30.2 Å². The van der Waals surface area contributed by atoms with Gasteiger partial charge in [-0.05, 0) is 26.0 Å². The molecule has 2 heterocycles. The summed E-state index contributed by atoms with van der Waals surface area (Å²) in [5.74, 6) is -0.811. The third kappa shape index (κ3) is 2.97. The molecule has 0 saturated heterocycles. The first-order valence-electron chi connectivity index (χ1n) is 5.99. The fourth-order valence-corrected chi connectivity index (χ4v) is 1.82. The van der Waals surface area contributed by atoms with Crippen molar-refractivity contribution in [3.8, 4) is 0 Å². The highest BCUT2D eigenvalue weighted by Crippen LogP contribution is 2.28. The van der Waals surface area contributed by atoms with Gasteiger partial charge in [0.15, 0.2) is 11.8 Å². The number of amides is 1. The van der Waals surface area contributed by atoms with Gasteiger partial charge < -0.3 is 10.4 Å². The molecule has 0 fully saturated rings. The third-order valence-electron chi connectivity index (χ3n) is 2.94. The number of hydrogen-bond donors (Lipinski definition) is 2. The van der Waals surface area contributed by atoms with Gasteiger partial charge in [0.05, 0.1) is 11.7 Å². The van der Waals surface area contributed by atoms with E-state index in [2.05, 4.69) is 15.4 Å². The van der Waals surface area contributed by atoms with Crippen molar-refractivity contribution < 1.29 is 23.1 Å². The Labute approximate surface area is 117 Å². The first-order chi connectivity index (χ1) is 9.63. The van der Waals surface area contributed by atoms with Crippen LogP contribution in [0.4, 0.5) is 13.2 Å². The van der Waals surface area contributed by atoms with Crippen LogP contribution in [0.25, 0.3) is 5.65 Å². The molecule has 2 aromatic heterocycles. The van der Waals surface area contributed by atoms with Crippen molar-refractivity contribution >= 4 is 11.6 Å². The Balaban J connectivity index is 2.25. The molecule has 0 aliphatic carbocycles. The minimum atomic E-state index is -4.84. The predicted octanol–water partition coefficient (Wildman–Crippen LogP) is 1.16. The number of fused-ring (bicyclic) bond motifs is 1. The highest BCUT2D eigenvalue weighted by molar-refractivity contribution is 5.93. The minimum absolute atomic E-state index is 0.0203. The van der Waals surface area contributed by atoms with Crippen LogP contribution >= 0.6 is 0 Å². The molecule has 1 amide bonds. The second-order valence-corrected chi connectivity index (χ2v) is 5.06. The van der Waals surface area contributed by atoms with Crippen LogP contribution in [-0.4, -0.2) is 43.4 Å². The van der Waals surface area contributed by atoms with Gasteiger partial charge in [0.2, 0.25) is 0 Å². The molecule has 0 aromatic carbocycles. The molecule has 0 aliphatic rings. The molecule has 0 bridgehead atoms. The molecule has 2 aromatic rings. The summed E-state index contributed by atoms with van der Waals surface area (Å²) in [6.45, 7) is 2.17. The van der Waals surface area contributed by atoms with Gasteiger partial charge in [0, 0.05) is 6.20 Å². The number of nitrogens with zero attached hydrogens (tertiary/aromatic N) is 3. The molecule has 0 aliphatic heterocycles. The summed E-state index contributed by atoms with van der Waals surface area (Å²) in [6, 6.07) is 3.21. The number of hydrogen-bond acceptors (Lipinski definition) is 4. The van der Waals surface area contributed by atoms with E-state index < -0.39 is 23.7 Å². The summed E-state index contributed by atoms with van der Waals surface area (Å²) in [5, 5.41) is 15.3. The Morgan fingerprint density at radius 3 is 2.71 bits per heavy atom. The highest BCUT2D eigenvalue weighted by Gasteiger charge is 2.48. The Morgan fingerprint density at radius 2 is 2.10 bits per heavy atom. The van der Waals surface area contributed by atoms with Crippen LogP contribution in [0.3, 0.4) is 0 Å². The molecule has 1 atom stereocenters. The van der Waals surface area contributed by atoms with Crippen LogP contribution in [0, 0.1) is 0 Å². The smallest absolute Gasteiger partial charge is 0.382 e. The first kappa shape index (κ1) is 15.2. The average Bonchev–Trinajstić information content (AvgIpc) is 2.80. The fraction of sp³-hybridized carbons (Fsp3) is 0.417. The van der Waals surface area contributed by atoms with Crippen molar-refractivity contribution in [2.45, 2.75) is 31.7 Å². The van der Waals surface area contributed by atoms with Crippen molar-refractivity contribution in [3.63, 3.8) is 0 Å². The number of aliphatic hydroxyl groups is 1. The predicted molar refractivity (Wildman–Crippen MR) is 66.6 cm³/mol. The average molecular weight is 302 g/mol. The summed E-state index contributed by atoms with van der Waals surface area (Å²) in [7, 11) is 0. The van der Waals surface area contributed by atoms with E-state index in [0.717, 1.165) is 13.8 Å². The Morgan fingerprint density at radius 1 is 1.43 bits per heavy atom. The fourth-order valence-electron chi connectivity index (χ4n) is 1.82. The number of alkyl halides is 3. The number of imidazole rings is 1. The van der Waals surface area contributed by atoms with Gasteiger partial charge in [0.25, 0.3) is 5.91 Å². The highest BCUT2D eigenvalue weighted by atomic mass is 19.4. The molecule has 9 heteroatoms. The first-order valence-corrected chi connectivity index (χ1v) is 5.99. The van der Waals surface area contributed by atoms with E-state index in [-0.39, 0.29) is 5.69 Å². The van der Waals surface area contributed by atoms with E-state index in [1.54, 1.807) is 12.1 Å². The number of nitrogens with one attached hydrogen (secondary N) is 1. The molecule has 2 N–H and O–H groups in total. The molecule has 2 rings (SSSR count). The number of halogens is 3. The van der Waals surface area contributed by atoms with Gasteiger partial charge in [-0.25, -0.2) is 9.50 Å². The maximum Gasteiger partial charge on any atom is 0.416 e. The molecule has 0 saturated carbocycles. The molecule has 21 heavy (non-hydrogen) atoms. The standard InChI is InChI=1S/C12H13F3N4O2/c1-11(2,10(21)12(13,14)15)18-9(20)7-6-16-8-4-3-5-17-19(7)8/h3-6,10,21H,1-2H3,(H,18,20). The Bertz CT molecular complexity index is 666. The lowest BCUT2D eigenvalue weighted by atomic mass is 9.96. The summed E-state index contributed by atoms with van der Waals surface area (Å²) in [5.41, 5.74) is -1.53. The number of aliphatic hydroxyl groups excluding tert-OH is 1. The van der Waals surface area contributed by atoms with Gasteiger partial charge in [0.1, 0.15) is 5.69 Å². The van der Waals surface area contributed by atoms with E-state index in [4.69, 9.17) is 0 Å². The normalized spacial score (nSPS) is 14.2. The molecular formula is C12H13F3N4O2. The van der Waals surface area contributed by atoms with Crippen LogP contribution in [0.2, 0.25) is 0 Å². The minimum Gasteiger partial charge on any atom is -0.382 e. The van der Waals surface area contributed by atoms with Crippen LogP contribution < -0.4 is 5.32 Å². The van der Waals surface area contributed by atoms with Gasteiger partial charge in [-0.2, -0.15) is 18.3 Å². The summed E-state index contributed by atoms with van der Waals surface area (Å²) in [4.78, 5) is 16.0. The molecular weight excluding hydrogens is 289 g/mol. The largest absolute Gasteiger partial charge is 0.416 e. The zero-order chi connectivity index (χ0) is 15.8. The summed E-state index contributed by atoms with van der Waals surface area (Å²) >= 11 is 0. The zero-order valence-corrected chi connectivity index (χ0v) is 11.2. The van der Waals surface area contributed by atoms with Crippen LogP contribution in [-0.2, 0) is 0 Å². The second-order valence-electron chi connectivity index (χ2n) is 5.06. The Kier molecular flexibility index (Phi) is 3.62. The second kappa shape index (κ2) is 4.99.